The molecule has 0 bridgehead atoms. The van der Waals surface area contributed by atoms with Crippen molar-refractivity contribution in [3.8, 4) is 0 Å². The highest BCUT2D eigenvalue weighted by Gasteiger charge is 2.36. The summed E-state index contributed by atoms with van der Waals surface area (Å²) in [6.45, 7) is 1.88. The van der Waals surface area contributed by atoms with Gasteiger partial charge in [0, 0.05) is 24.8 Å². The molecule has 122 valence electrons. The Labute approximate surface area is 126 Å². The fourth-order valence-corrected chi connectivity index (χ4v) is 3.42. The van der Waals surface area contributed by atoms with Gasteiger partial charge in [-0.2, -0.15) is 18.3 Å². The van der Waals surface area contributed by atoms with Gasteiger partial charge in [-0.15, -0.1) is 0 Å². The second-order valence-electron chi connectivity index (χ2n) is 5.96. The van der Waals surface area contributed by atoms with Gasteiger partial charge in [0.15, 0.2) is 5.69 Å². The van der Waals surface area contributed by atoms with Gasteiger partial charge in [-0.25, -0.2) is 0 Å². The molecule has 8 heteroatoms. The van der Waals surface area contributed by atoms with Crippen LogP contribution in [0.25, 0.3) is 0 Å². The summed E-state index contributed by atoms with van der Waals surface area (Å²) in [7, 11) is 0. The number of piperidine rings is 1. The lowest BCUT2D eigenvalue weighted by Crippen LogP contribution is -2.47. The third-order valence-electron chi connectivity index (χ3n) is 4.44. The van der Waals surface area contributed by atoms with Crippen molar-refractivity contribution in [2.75, 3.05) is 13.1 Å². The predicted molar refractivity (Wildman–Crippen MR) is 73.0 cm³/mol. The van der Waals surface area contributed by atoms with Crippen molar-refractivity contribution in [3.63, 3.8) is 0 Å². The molecule has 5 nitrogen and oxygen atoms in total. The number of fused-ring (bicyclic) bond motifs is 1. The number of carbonyl (C=O) groups excluding carboxylic acids is 1. The third-order valence-corrected chi connectivity index (χ3v) is 4.44. The van der Waals surface area contributed by atoms with Crippen LogP contribution in [0.1, 0.15) is 31.4 Å². The van der Waals surface area contributed by atoms with Crippen LogP contribution in [0.4, 0.5) is 13.2 Å². The minimum Gasteiger partial charge on any atom is -0.350 e. The molecule has 0 radical (unpaired) electrons. The highest BCUT2D eigenvalue weighted by Crippen LogP contribution is 2.28. The van der Waals surface area contributed by atoms with Crippen LogP contribution in [-0.2, 0) is 17.5 Å². The topological polar surface area (TPSA) is 50.2 Å². The first-order valence-corrected chi connectivity index (χ1v) is 7.57. The van der Waals surface area contributed by atoms with E-state index in [-0.39, 0.29) is 18.5 Å². The van der Waals surface area contributed by atoms with Crippen molar-refractivity contribution in [1.82, 2.24) is 20.0 Å². The molecule has 0 saturated carbocycles. The van der Waals surface area contributed by atoms with E-state index in [1.807, 2.05) is 0 Å². The molecule has 2 aliphatic heterocycles. The zero-order chi connectivity index (χ0) is 15.7. The van der Waals surface area contributed by atoms with Crippen molar-refractivity contribution in [1.29, 1.82) is 0 Å². The Morgan fingerprint density at radius 1 is 1.32 bits per heavy atom. The van der Waals surface area contributed by atoms with E-state index < -0.39 is 11.9 Å². The molecule has 0 unspecified atom stereocenters. The molecule has 3 rings (SSSR count). The van der Waals surface area contributed by atoms with E-state index in [0.29, 0.717) is 6.04 Å². The fraction of sp³-hybridized carbons (Fsp3) is 0.714. The summed E-state index contributed by atoms with van der Waals surface area (Å²) in [6, 6.07) is 1.36. The number of hydrogen-bond donors (Lipinski definition) is 1. The van der Waals surface area contributed by atoms with E-state index in [4.69, 9.17) is 0 Å². The number of aromatic nitrogens is 2. The molecule has 1 aromatic heterocycles. The summed E-state index contributed by atoms with van der Waals surface area (Å²) >= 11 is 0. The van der Waals surface area contributed by atoms with Gasteiger partial charge >= 0.3 is 6.18 Å². The lowest BCUT2D eigenvalue weighted by molar-refractivity contribution is -0.141. The molecule has 0 spiro atoms. The van der Waals surface area contributed by atoms with Crippen molar-refractivity contribution in [3.05, 3.63) is 18.0 Å². The highest BCUT2D eigenvalue weighted by atomic mass is 19.4. The number of rotatable bonds is 3. The second kappa shape index (κ2) is 5.91. The Bertz CT molecular complexity index is 542. The molecule has 2 atom stereocenters. The van der Waals surface area contributed by atoms with Gasteiger partial charge in [-0.1, -0.05) is 6.42 Å². The fourth-order valence-electron chi connectivity index (χ4n) is 3.42. The van der Waals surface area contributed by atoms with Crippen molar-refractivity contribution in [2.45, 2.75) is 50.5 Å². The van der Waals surface area contributed by atoms with Gasteiger partial charge in [0.2, 0.25) is 5.91 Å². The summed E-state index contributed by atoms with van der Waals surface area (Å²) in [5.74, 6) is -0.283. The largest absolute Gasteiger partial charge is 0.435 e. The summed E-state index contributed by atoms with van der Waals surface area (Å²) in [6.07, 6.45) is 1.06. The standard InChI is InChI=1S/C14H19F3N4O/c15-14(16,17)12-5-8-21(19-12)9-13(22)18-10-4-7-20-6-2-1-3-11(10)20/h5,8,10-11H,1-4,6-7,9H2,(H,18,22)/t10-,11-/m0/s1. The quantitative estimate of drug-likeness (QED) is 0.922. The molecular weight excluding hydrogens is 297 g/mol. The van der Waals surface area contributed by atoms with Crippen molar-refractivity contribution >= 4 is 5.91 Å². The van der Waals surface area contributed by atoms with Crippen LogP contribution in [0.2, 0.25) is 0 Å². The van der Waals surface area contributed by atoms with E-state index >= 15 is 0 Å². The Hall–Kier alpha value is -1.57. The lowest BCUT2D eigenvalue weighted by Gasteiger charge is -2.32. The van der Waals surface area contributed by atoms with Crippen LogP contribution in [0.15, 0.2) is 12.3 Å². The van der Waals surface area contributed by atoms with Crippen LogP contribution < -0.4 is 5.32 Å². The molecule has 2 aliphatic rings. The van der Waals surface area contributed by atoms with Gasteiger partial charge < -0.3 is 5.32 Å². The van der Waals surface area contributed by atoms with Crippen molar-refractivity contribution < 1.29 is 18.0 Å². The number of nitrogens with one attached hydrogen (secondary N) is 1. The van der Waals surface area contributed by atoms with Crippen LogP contribution >= 0.6 is 0 Å². The number of alkyl halides is 3. The first-order valence-electron chi connectivity index (χ1n) is 7.57. The first-order chi connectivity index (χ1) is 10.4. The summed E-state index contributed by atoms with van der Waals surface area (Å²) in [4.78, 5) is 14.4. The van der Waals surface area contributed by atoms with Gasteiger partial charge in [-0.3, -0.25) is 14.4 Å². The predicted octanol–water partition coefficient (Wildman–Crippen LogP) is 1.64. The maximum absolute atomic E-state index is 12.5. The number of amides is 1. The Kier molecular flexibility index (Phi) is 4.12. The molecular formula is C14H19F3N4O. The zero-order valence-electron chi connectivity index (χ0n) is 12.1. The first kappa shape index (κ1) is 15.3. The number of nitrogens with zero attached hydrogens (tertiary/aromatic N) is 3. The van der Waals surface area contributed by atoms with E-state index in [1.165, 1.54) is 19.0 Å². The summed E-state index contributed by atoms with van der Waals surface area (Å²) < 4.78 is 38.4. The Morgan fingerprint density at radius 3 is 2.86 bits per heavy atom. The summed E-state index contributed by atoms with van der Waals surface area (Å²) in [5, 5.41) is 6.35. The van der Waals surface area contributed by atoms with Gasteiger partial charge in [0.25, 0.3) is 0 Å². The van der Waals surface area contributed by atoms with E-state index in [9.17, 15) is 18.0 Å². The van der Waals surface area contributed by atoms with Gasteiger partial charge in [0.05, 0.1) is 0 Å². The number of halogens is 3. The van der Waals surface area contributed by atoms with Crippen LogP contribution in [0.5, 0.6) is 0 Å². The summed E-state index contributed by atoms with van der Waals surface area (Å²) in [5.41, 5.74) is -0.973. The minimum absolute atomic E-state index is 0.102. The van der Waals surface area contributed by atoms with E-state index in [0.717, 1.165) is 36.7 Å². The maximum Gasteiger partial charge on any atom is 0.435 e. The molecule has 2 saturated heterocycles. The Balaban J connectivity index is 1.55. The minimum atomic E-state index is -4.48. The SMILES string of the molecule is O=C(Cn1ccc(C(F)(F)F)n1)N[C@H]1CCN2CCCC[C@@H]12. The molecule has 1 N–H and O–H groups in total. The number of carbonyl (C=O) groups is 1. The van der Waals surface area contributed by atoms with E-state index in [1.54, 1.807) is 0 Å². The second-order valence-corrected chi connectivity index (χ2v) is 5.96. The zero-order valence-corrected chi connectivity index (χ0v) is 12.1. The monoisotopic (exact) mass is 316 g/mol. The number of hydrogen-bond acceptors (Lipinski definition) is 3. The Morgan fingerprint density at radius 2 is 2.14 bits per heavy atom. The molecule has 3 heterocycles. The van der Waals surface area contributed by atoms with E-state index in [2.05, 4.69) is 15.3 Å². The van der Waals surface area contributed by atoms with Gasteiger partial charge in [-0.05, 0) is 31.9 Å². The molecule has 0 aliphatic carbocycles. The average molecular weight is 316 g/mol. The van der Waals surface area contributed by atoms with Crippen LogP contribution in [0, 0.1) is 0 Å². The average Bonchev–Trinajstić information content (AvgIpc) is 3.06. The normalized spacial score (nSPS) is 26.0. The highest BCUT2D eigenvalue weighted by molar-refractivity contribution is 5.76. The molecule has 0 aromatic carbocycles. The molecule has 2 fully saturated rings. The smallest absolute Gasteiger partial charge is 0.350 e. The lowest BCUT2D eigenvalue weighted by atomic mass is 9.99. The van der Waals surface area contributed by atoms with Crippen molar-refractivity contribution in [2.24, 2.45) is 0 Å². The maximum atomic E-state index is 12.5. The van der Waals surface area contributed by atoms with Gasteiger partial charge in [0.1, 0.15) is 6.54 Å². The molecule has 1 amide bonds. The van der Waals surface area contributed by atoms with Crippen LogP contribution in [0.3, 0.4) is 0 Å². The third kappa shape index (κ3) is 3.26. The molecule has 22 heavy (non-hydrogen) atoms. The van der Waals surface area contributed by atoms with Crippen LogP contribution in [-0.4, -0.2) is 45.8 Å². The molecule has 1 aromatic rings.